The summed E-state index contributed by atoms with van der Waals surface area (Å²) in [6.07, 6.45) is 0. The predicted octanol–water partition coefficient (Wildman–Crippen LogP) is 5.22. The van der Waals surface area contributed by atoms with Crippen LogP contribution < -0.4 is 4.74 Å². The van der Waals surface area contributed by atoms with Crippen LogP contribution in [0.4, 0.5) is 0 Å². The minimum atomic E-state index is -0.00851. The van der Waals surface area contributed by atoms with Crippen LogP contribution in [0.25, 0.3) is 0 Å². The van der Waals surface area contributed by atoms with Gasteiger partial charge in [0.15, 0.2) is 0 Å². The van der Waals surface area contributed by atoms with Crippen LogP contribution in [0.2, 0.25) is 0 Å². The van der Waals surface area contributed by atoms with E-state index < -0.39 is 0 Å². The number of hydrogen-bond acceptors (Lipinski definition) is 1. The zero-order valence-electron chi connectivity index (χ0n) is 10.9. The molecule has 2 atom stereocenters. The fourth-order valence-corrected chi connectivity index (χ4v) is 3.01. The Morgan fingerprint density at radius 3 is 2.37 bits per heavy atom. The van der Waals surface area contributed by atoms with Gasteiger partial charge in [-0.3, -0.25) is 0 Å². The maximum absolute atomic E-state index is 6.42. The van der Waals surface area contributed by atoms with Crippen molar-refractivity contribution in [1.29, 1.82) is 0 Å². The van der Waals surface area contributed by atoms with Crippen LogP contribution in [0.5, 0.6) is 5.75 Å². The van der Waals surface area contributed by atoms with Gasteiger partial charge in [0.2, 0.25) is 0 Å². The van der Waals surface area contributed by atoms with E-state index in [4.69, 9.17) is 16.3 Å². The topological polar surface area (TPSA) is 9.23 Å². The first-order valence-electron chi connectivity index (χ1n) is 6.16. The molecule has 0 aliphatic carbocycles. The average molecular weight is 340 g/mol. The van der Waals surface area contributed by atoms with Crippen LogP contribution in [-0.4, -0.2) is 12.5 Å². The molecule has 19 heavy (non-hydrogen) atoms. The van der Waals surface area contributed by atoms with E-state index in [2.05, 4.69) is 28.1 Å². The molecule has 0 heterocycles. The summed E-state index contributed by atoms with van der Waals surface area (Å²) in [5, 5.41) is -0.00851. The molecule has 3 heteroatoms. The van der Waals surface area contributed by atoms with E-state index in [-0.39, 0.29) is 11.3 Å². The van der Waals surface area contributed by atoms with Crippen LogP contribution in [0.1, 0.15) is 24.0 Å². The Morgan fingerprint density at radius 1 is 1.11 bits per heavy atom. The molecule has 2 rings (SSSR count). The molecule has 0 saturated heterocycles. The van der Waals surface area contributed by atoms with Crippen molar-refractivity contribution in [3.05, 3.63) is 64.1 Å². The molecule has 2 unspecified atom stereocenters. The van der Waals surface area contributed by atoms with Gasteiger partial charge in [-0.1, -0.05) is 46.3 Å². The molecule has 2 aromatic rings. The molecule has 0 aliphatic rings. The van der Waals surface area contributed by atoms with Gasteiger partial charge in [-0.25, -0.2) is 0 Å². The number of alkyl halides is 1. The quantitative estimate of drug-likeness (QED) is 0.694. The Bertz CT molecular complexity index is 540. The summed E-state index contributed by atoms with van der Waals surface area (Å²) in [5.41, 5.74) is 2.35. The molecule has 0 saturated carbocycles. The van der Waals surface area contributed by atoms with Gasteiger partial charge in [-0.15, -0.1) is 11.6 Å². The van der Waals surface area contributed by atoms with E-state index >= 15 is 0 Å². The van der Waals surface area contributed by atoms with Crippen LogP contribution >= 0.6 is 27.5 Å². The molecule has 0 fully saturated rings. The van der Waals surface area contributed by atoms with Crippen LogP contribution in [-0.2, 0) is 0 Å². The Kier molecular flexibility index (Phi) is 4.89. The lowest BCUT2D eigenvalue weighted by atomic mass is 9.89. The fraction of sp³-hybridized carbons (Fsp3) is 0.250. The Morgan fingerprint density at radius 2 is 1.79 bits per heavy atom. The zero-order valence-corrected chi connectivity index (χ0v) is 13.3. The van der Waals surface area contributed by atoms with Crippen molar-refractivity contribution in [1.82, 2.24) is 0 Å². The molecule has 0 amide bonds. The van der Waals surface area contributed by atoms with Crippen molar-refractivity contribution < 1.29 is 4.74 Å². The smallest absolute Gasteiger partial charge is 0.119 e. The number of ether oxygens (including phenoxy) is 1. The van der Waals surface area contributed by atoms with Gasteiger partial charge in [-0.05, 0) is 36.2 Å². The summed E-state index contributed by atoms with van der Waals surface area (Å²) >= 11 is 10.0. The summed E-state index contributed by atoms with van der Waals surface area (Å²) in [7, 11) is 1.68. The lowest BCUT2D eigenvalue weighted by Crippen LogP contribution is -2.12. The highest BCUT2D eigenvalue weighted by Crippen LogP contribution is 2.37. The summed E-state index contributed by atoms with van der Waals surface area (Å²) in [6, 6.07) is 16.3. The minimum Gasteiger partial charge on any atom is -0.497 e. The normalized spacial score (nSPS) is 13.9. The van der Waals surface area contributed by atoms with Crippen LogP contribution in [0.3, 0.4) is 0 Å². The van der Waals surface area contributed by atoms with Gasteiger partial charge >= 0.3 is 0 Å². The van der Waals surface area contributed by atoms with Gasteiger partial charge in [0.25, 0.3) is 0 Å². The van der Waals surface area contributed by atoms with Crippen molar-refractivity contribution in [3.63, 3.8) is 0 Å². The highest BCUT2D eigenvalue weighted by atomic mass is 79.9. The maximum Gasteiger partial charge on any atom is 0.119 e. The van der Waals surface area contributed by atoms with Crippen molar-refractivity contribution in [2.75, 3.05) is 7.11 Å². The SMILES string of the molecule is COc1ccc(Br)c(C(c2ccccc2)C(C)Cl)c1. The fourth-order valence-electron chi connectivity index (χ4n) is 2.24. The van der Waals surface area contributed by atoms with Crippen LogP contribution in [0, 0.1) is 0 Å². The third-order valence-electron chi connectivity index (χ3n) is 3.16. The average Bonchev–Trinajstić information content (AvgIpc) is 2.42. The molecule has 0 aliphatic heterocycles. The monoisotopic (exact) mass is 338 g/mol. The molecule has 0 bridgehead atoms. The van der Waals surface area contributed by atoms with Crippen LogP contribution in [0.15, 0.2) is 53.0 Å². The summed E-state index contributed by atoms with van der Waals surface area (Å²) < 4.78 is 6.36. The van der Waals surface area contributed by atoms with E-state index in [1.807, 2.05) is 43.3 Å². The molecule has 0 spiro atoms. The number of methoxy groups -OCH3 is 1. The Hall–Kier alpha value is -0.990. The van der Waals surface area contributed by atoms with Crippen molar-refractivity contribution in [3.8, 4) is 5.75 Å². The number of benzene rings is 2. The molecule has 100 valence electrons. The lowest BCUT2D eigenvalue weighted by molar-refractivity contribution is 0.414. The largest absolute Gasteiger partial charge is 0.497 e. The zero-order chi connectivity index (χ0) is 13.8. The van der Waals surface area contributed by atoms with Gasteiger partial charge < -0.3 is 4.74 Å². The van der Waals surface area contributed by atoms with Gasteiger partial charge in [0.05, 0.1) is 7.11 Å². The predicted molar refractivity (Wildman–Crippen MR) is 84.3 cm³/mol. The van der Waals surface area contributed by atoms with E-state index in [0.29, 0.717) is 0 Å². The summed E-state index contributed by atoms with van der Waals surface area (Å²) in [6.45, 7) is 2.02. The Balaban J connectivity index is 2.51. The standard InChI is InChI=1S/C16H16BrClO/c1-11(18)16(12-6-4-3-5-7-12)14-10-13(19-2)8-9-15(14)17/h3-11,16H,1-2H3. The second kappa shape index (κ2) is 6.44. The molecular formula is C16H16BrClO. The first kappa shape index (κ1) is 14.4. The number of hydrogen-bond donors (Lipinski definition) is 0. The third kappa shape index (κ3) is 3.31. The van der Waals surface area contributed by atoms with E-state index in [0.717, 1.165) is 15.8 Å². The van der Waals surface area contributed by atoms with Crippen molar-refractivity contribution >= 4 is 27.5 Å². The number of halogens is 2. The van der Waals surface area contributed by atoms with Gasteiger partial charge in [-0.2, -0.15) is 0 Å². The maximum atomic E-state index is 6.42. The molecule has 2 aromatic carbocycles. The second-order valence-electron chi connectivity index (χ2n) is 4.45. The van der Waals surface area contributed by atoms with E-state index in [1.54, 1.807) is 7.11 Å². The third-order valence-corrected chi connectivity index (χ3v) is 4.13. The molecule has 0 N–H and O–H groups in total. The van der Waals surface area contributed by atoms with Gasteiger partial charge in [0, 0.05) is 15.8 Å². The Labute approximate surface area is 127 Å². The summed E-state index contributed by atoms with van der Waals surface area (Å²) in [4.78, 5) is 0. The van der Waals surface area contributed by atoms with E-state index in [1.165, 1.54) is 5.56 Å². The second-order valence-corrected chi connectivity index (χ2v) is 6.00. The molecule has 1 nitrogen and oxygen atoms in total. The summed E-state index contributed by atoms with van der Waals surface area (Å²) in [5.74, 6) is 0.976. The first-order chi connectivity index (χ1) is 9.13. The highest BCUT2D eigenvalue weighted by molar-refractivity contribution is 9.10. The first-order valence-corrected chi connectivity index (χ1v) is 7.39. The van der Waals surface area contributed by atoms with Crippen molar-refractivity contribution in [2.45, 2.75) is 18.2 Å². The van der Waals surface area contributed by atoms with E-state index in [9.17, 15) is 0 Å². The minimum absolute atomic E-state index is 0.00851. The van der Waals surface area contributed by atoms with Crippen molar-refractivity contribution in [2.24, 2.45) is 0 Å². The number of rotatable bonds is 4. The molecule has 0 aromatic heterocycles. The molecular weight excluding hydrogens is 324 g/mol. The highest BCUT2D eigenvalue weighted by Gasteiger charge is 2.22. The lowest BCUT2D eigenvalue weighted by Gasteiger charge is -2.22. The van der Waals surface area contributed by atoms with Gasteiger partial charge in [0.1, 0.15) is 5.75 Å². The molecule has 0 radical (unpaired) electrons.